The number of hydrogen-bond donors (Lipinski definition) is 1. The second-order valence-corrected chi connectivity index (χ2v) is 9.07. The number of aromatic nitrogens is 2. The van der Waals surface area contributed by atoms with Crippen LogP contribution in [0.3, 0.4) is 0 Å². The Morgan fingerprint density at radius 2 is 2.06 bits per heavy atom. The summed E-state index contributed by atoms with van der Waals surface area (Å²) >= 11 is 0. The maximum absolute atomic E-state index is 14.5. The number of hydrogen-bond acceptors (Lipinski definition) is 5. The zero-order chi connectivity index (χ0) is 23.4. The van der Waals surface area contributed by atoms with Gasteiger partial charge in [-0.2, -0.15) is 0 Å². The number of halogens is 1. The van der Waals surface area contributed by atoms with Crippen LogP contribution < -0.4 is 10.1 Å². The summed E-state index contributed by atoms with van der Waals surface area (Å²) < 4.78 is 21.7. The van der Waals surface area contributed by atoms with Gasteiger partial charge >= 0.3 is 0 Å². The van der Waals surface area contributed by atoms with Crippen LogP contribution >= 0.6 is 0 Å². The van der Waals surface area contributed by atoms with Crippen molar-refractivity contribution in [2.45, 2.75) is 44.2 Å². The number of carbonyl (C=O) groups is 2. The Bertz CT molecular complexity index is 1000. The fraction of sp³-hybridized carbons (Fsp3) is 0.542. The summed E-state index contributed by atoms with van der Waals surface area (Å²) in [6.45, 7) is 3.72. The molecule has 2 fully saturated rings. The molecule has 178 valence electrons. The fourth-order valence-electron chi connectivity index (χ4n) is 4.77. The van der Waals surface area contributed by atoms with Crippen LogP contribution in [0.15, 0.2) is 30.6 Å². The summed E-state index contributed by atoms with van der Waals surface area (Å²) in [5, 5.41) is 3.04. The van der Waals surface area contributed by atoms with Crippen LogP contribution in [0, 0.1) is 5.82 Å². The molecule has 1 aromatic carbocycles. The van der Waals surface area contributed by atoms with Crippen molar-refractivity contribution < 1.29 is 18.7 Å². The van der Waals surface area contributed by atoms with E-state index in [1.807, 2.05) is 22.7 Å². The third kappa shape index (κ3) is 5.52. The molecule has 0 spiro atoms. The second-order valence-electron chi connectivity index (χ2n) is 9.07. The number of imidazole rings is 1. The first-order chi connectivity index (χ1) is 15.9. The van der Waals surface area contributed by atoms with Crippen LogP contribution in [-0.2, 0) is 29.6 Å². The molecule has 2 aromatic rings. The van der Waals surface area contributed by atoms with Gasteiger partial charge in [-0.25, -0.2) is 9.37 Å². The van der Waals surface area contributed by atoms with Crippen molar-refractivity contribution in [2.75, 3.05) is 33.3 Å². The van der Waals surface area contributed by atoms with E-state index in [1.54, 1.807) is 25.4 Å². The third-order valence-corrected chi connectivity index (χ3v) is 6.85. The zero-order valence-corrected chi connectivity index (χ0v) is 19.3. The number of amides is 2. The van der Waals surface area contributed by atoms with Crippen molar-refractivity contribution in [3.63, 3.8) is 0 Å². The first-order valence-electron chi connectivity index (χ1n) is 11.5. The molecule has 0 aliphatic carbocycles. The Hall–Kier alpha value is -2.94. The van der Waals surface area contributed by atoms with Crippen molar-refractivity contribution in [3.8, 4) is 5.75 Å². The highest BCUT2D eigenvalue weighted by Gasteiger charge is 2.39. The Kier molecular flexibility index (Phi) is 6.97. The molecule has 2 amide bonds. The van der Waals surface area contributed by atoms with Crippen LogP contribution in [0.25, 0.3) is 0 Å². The summed E-state index contributed by atoms with van der Waals surface area (Å²) in [5.74, 6) is 1.29. The monoisotopic (exact) mass is 457 g/mol. The average Bonchev–Trinajstić information content (AvgIpc) is 3.39. The molecule has 2 aliphatic rings. The van der Waals surface area contributed by atoms with Crippen molar-refractivity contribution >= 4 is 11.8 Å². The molecule has 0 saturated carbocycles. The highest BCUT2D eigenvalue weighted by Crippen LogP contribution is 2.32. The molecular weight excluding hydrogens is 425 g/mol. The zero-order valence-electron chi connectivity index (χ0n) is 19.3. The van der Waals surface area contributed by atoms with Gasteiger partial charge in [-0.1, -0.05) is 0 Å². The van der Waals surface area contributed by atoms with Gasteiger partial charge in [-0.15, -0.1) is 0 Å². The molecule has 1 unspecified atom stereocenters. The van der Waals surface area contributed by atoms with Crippen LogP contribution in [0.5, 0.6) is 5.75 Å². The summed E-state index contributed by atoms with van der Waals surface area (Å²) in [7, 11) is 3.52. The van der Waals surface area contributed by atoms with E-state index in [2.05, 4.69) is 15.2 Å². The van der Waals surface area contributed by atoms with Crippen LogP contribution in [0.2, 0.25) is 0 Å². The summed E-state index contributed by atoms with van der Waals surface area (Å²) in [5.41, 5.74) is -0.119. The Morgan fingerprint density at radius 1 is 1.27 bits per heavy atom. The second kappa shape index (κ2) is 9.91. The molecule has 1 atom stereocenters. The minimum Gasteiger partial charge on any atom is -0.497 e. The lowest BCUT2D eigenvalue weighted by Crippen LogP contribution is -2.49. The molecular formula is C24H32FN5O3. The normalized spacial score (nSPS) is 21.3. The minimum atomic E-state index is -0.611. The SMILES string of the molecule is COc1ccc(F)c(CC2(CCC(=O)N3CCN(Cc4nccn4C)CC3)CCC(=O)N2)c1. The van der Waals surface area contributed by atoms with E-state index in [9.17, 15) is 14.0 Å². The van der Waals surface area contributed by atoms with Crippen LogP contribution in [0.4, 0.5) is 4.39 Å². The van der Waals surface area contributed by atoms with Crippen LogP contribution in [0.1, 0.15) is 37.1 Å². The van der Waals surface area contributed by atoms with Gasteiger partial charge in [0, 0.05) is 64.0 Å². The molecule has 0 bridgehead atoms. The van der Waals surface area contributed by atoms with Gasteiger partial charge in [0.2, 0.25) is 11.8 Å². The van der Waals surface area contributed by atoms with Crippen molar-refractivity contribution in [1.29, 1.82) is 0 Å². The molecule has 33 heavy (non-hydrogen) atoms. The summed E-state index contributed by atoms with van der Waals surface area (Å²) in [4.78, 5) is 33.6. The Morgan fingerprint density at radius 3 is 2.70 bits per heavy atom. The number of methoxy groups -OCH3 is 1. The number of rotatable bonds is 8. The standard InChI is InChI=1S/C24H32FN5O3/c1-28-10-9-26-21(28)17-29-11-13-30(14-12-29)23(32)6-8-24(7-5-22(31)27-24)16-18-15-19(33-2)3-4-20(18)25/h3-4,9-10,15H,5-8,11-14,16-17H2,1-2H3,(H,27,31). The van der Waals surface area contributed by atoms with E-state index in [0.29, 0.717) is 56.5 Å². The predicted molar refractivity (Wildman–Crippen MR) is 121 cm³/mol. The van der Waals surface area contributed by atoms with Crippen LogP contribution in [-0.4, -0.2) is 70.0 Å². The summed E-state index contributed by atoms with van der Waals surface area (Å²) in [6, 6.07) is 4.63. The first-order valence-corrected chi connectivity index (χ1v) is 11.5. The van der Waals surface area contributed by atoms with Crippen molar-refractivity contribution in [2.24, 2.45) is 7.05 Å². The van der Waals surface area contributed by atoms with E-state index in [4.69, 9.17) is 4.74 Å². The number of aryl methyl sites for hydroxylation is 1. The lowest BCUT2D eigenvalue weighted by Gasteiger charge is -2.35. The smallest absolute Gasteiger partial charge is 0.222 e. The molecule has 2 saturated heterocycles. The van der Waals surface area contributed by atoms with E-state index in [-0.39, 0.29) is 17.6 Å². The number of nitrogens with one attached hydrogen (secondary N) is 1. The maximum Gasteiger partial charge on any atom is 0.222 e. The van der Waals surface area contributed by atoms with Crippen molar-refractivity contribution in [1.82, 2.24) is 24.7 Å². The van der Waals surface area contributed by atoms with Crippen molar-refractivity contribution in [3.05, 3.63) is 47.8 Å². The number of piperazine rings is 1. The minimum absolute atomic E-state index is 0.0475. The van der Waals surface area contributed by atoms with Gasteiger partial charge in [-0.3, -0.25) is 14.5 Å². The maximum atomic E-state index is 14.5. The molecule has 1 aromatic heterocycles. The quantitative estimate of drug-likeness (QED) is 0.655. The average molecular weight is 458 g/mol. The number of nitrogens with zero attached hydrogens (tertiary/aromatic N) is 4. The van der Waals surface area contributed by atoms with E-state index in [0.717, 1.165) is 25.5 Å². The molecule has 3 heterocycles. The van der Waals surface area contributed by atoms with Gasteiger partial charge < -0.3 is 19.5 Å². The van der Waals surface area contributed by atoms with Gasteiger partial charge in [0.1, 0.15) is 17.4 Å². The summed E-state index contributed by atoms with van der Waals surface area (Å²) in [6.07, 6.45) is 5.87. The Balaban J connectivity index is 1.33. The van der Waals surface area contributed by atoms with Gasteiger partial charge in [0.15, 0.2) is 0 Å². The number of ether oxygens (including phenoxy) is 1. The number of benzene rings is 1. The molecule has 2 aliphatic heterocycles. The van der Waals surface area contributed by atoms with Gasteiger partial charge in [0.25, 0.3) is 0 Å². The molecule has 9 heteroatoms. The topological polar surface area (TPSA) is 79.7 Å². The lowest BCUT2D eigenvalue weighted by atomic mass is 9.84. The predicted octanol–water partition coefficient (Wildman–Crippen LogP) is 1.88. The molecule has 8 nitrogen and oxygen atoms in total. The number of carbonyl (C=O) groups excluding carboxylic acids is 2. The van der Waals surface area contributed by atoms with E-state index >= 15 is 0 Å². The Labute approximate surface area is 193 Å². The highest BCUT2D eigenvalue weighted by atomic mass is 19.1. The molecule has 1 N–H and O–H groups in total. The van der Waals surface area contributed by atoms with Gasteiger partial charge in [0.05, 0.1) is 13.7 Å². The van der Waals surface area contributed by atoms with Gasteiger partial charge in [-0.05, 0) is 43.0 Å². The molecule has 0 radical (unpaired) electrons. The largest absolute Gasteiger partial charge is 0.497 e. The van der Waals surface area contributed by atoms with E-state index < -0.39 is 5.54 Å². The first kappa shape index (κ1) is 23.2. The lowest BCUT2D eigenvalue weighted by molar-refractivity contribution is -0.133. The highest BCUT2D eigenvalue weighted by molar-refractivity contribution is 5.80. The van der Waals surface area contributed by atoms with E-state index in [1.165, 1.54) is 6.07 Å². The molecule has 4 rings (SSSR count). The fourth-order valence-corrected chi connectivity index (χ4v) is 4.77. The third-order valence-electron chi connectivity index (χ3n) is 6.85.